The van der Waals surface area contributed by atoms with Crippen LogP contribution in [0.4, 0.5) is 5.69 Å². The highest BCUT2D eigenvalue weighted by Gasteiger charge is 2.17. The molecule has 0 bridgehead atoms. The van der Waals surface area contributed by atoms with Gasteiger partial charge in [0.1, 0.15) is 11.5 Å². The van der Waals surface area contributed by atoms with Crippen LogP contribution in [-0.2, 0) is 0 Å². The zero-order chi connectivity index (χ0) is 14.5. The molecule has 0 saturated carbocycles. The quantitative estimate of drug-likeness (QED) is 0.925. The Kier molecular flexibility index (Phi) is 5.38. The number of hydrogen-bond acceptors (Lipinski definition) is 4. The van der Waals surface area contributed by atoms with Crippen molar-refractivity contribution in [3.8, 4) is 11.5 Å². The minimum Gasteiger partial charge on any atom is -0.495 e. The first kappa shape index (κ1) is 15.3. The van der Waals surface area contributed by atoms with Gasteiger partial charge in [-0.2, -0.15) is 0 Å². The number of nitrogens with one attached hydrogen (secondary N) is 1. The number of nitrogens with zero attached hydrogens (tertiary/aromatic N) is 1. The van der Waals surface area contributed by atoms with Crippen molar-refractivity contribution < 1.29 is 9.47 Å². The minimum atomic E-state index is 0.458. The molecule has 20 heavy (non-hydrogen) atoms. The van der Waals surface area contributed by atoms with Crippen LogP contribution < -0.4 is 14.8 Å². The molecule has 4 nitrogen and oxygen atoms in total. The van der Waals surface area contributed by atoms with Crippen LogP contribution in [0.25, 0.3) is 0 Å². The number of benzene rings is 1. The first-order valence-electron chi connectivity index (χ1n) is 7.00. The molecule has 112 valence electrons. The largest absolute Gasteiger partial charge is 0.495 e. The van der Waals surface area contributed by atoms with E-state index >= 15 is 0 Å². The molecular weight excluding hydrogens is 276 g/mol. The lowest BCUT2D eigenvalue weighted by molar-refractivity contribution is 0.348. The van der Waals surface area contributed by atoms with Gasteiger partial charge in [-0.05, 0) is 39.4 Å². The molecule has 0 spiro atoms. The van der Waals surface area contributed by atoms with Gasteiger partial charge in [0.15, 0.2) is 0 Å². The summed E-state index contributed by atoms with van der Waals surface area (Å²) < 4.78 is 10.7. The number of likely N-dealkylation sites (tertiary alicyclic amines) is 1. The van der Waals surface area contributed by atoms with Crippen molar-refractivity contribution in [2.45, 2.75) is 25.3 Å². The molecule has 1 atom stereocenters. The maximum Gasteiger partial charge on any atom is 0.143 e. The average molecular weight is 299 g/mol. The van der Waals surface area contributed by atoms with Crippen molar-refractivity contribution in [1.82, 2.24) is 4.90 Å². The molecule has 1 heterocycles. The molecule has 1 fully saturated rings. The summed E-state index contributed by atoms with van der Waals surface area (Å²) in [4.78, 5) is 2.38. The van der Waals surface area contributed by atoms with Gasteiger partial charge in [0.05, 0.1) is 24.9 Å². The van der Waals surface area contributed by atoms with Gasteiger partial charge in [0, 0.05) is 18.2 Å². The van der Waals surface area contributed by atoms with Gasteiger partial charge in [-0.25, -0.2) is 0 Å². The van der Waals surface area contributed by atoms with E-state index in [2.05, 4.69) is 17.3 Å². The van der Waals surface area contributed by atoms with Gasteiger partial charge >= 0.3 is 0 Å². The van der Waals surface area contributed by atoms with Crippen molar-refractivity contribution in [2.75, 3.05) is 39.7 Å². The summed E-state index contributed by atoms with van der Waals surface area (Å²) in [5.74, 6) is 1.43. The van der Waals surface area contributed by atoms with Crippen LogP contribution in [0.3, 0.4) is 0 Å². The fraction of sp³-hybridized carbons (Fsp3) is 0.600. The second-order valence-corrected chi connectivity index (χ2v) is 5.67. The zero-order valence-electron chi connectivity index (χ0n) is 12.4. The van der Waals surface area contributed by atoms with Gasteiger partial charge in [-0.15, -0.1) is 0 Å². The maximum absolute atomic E-state index is 6.13. The van der Waals surface area contributed by atoms with Gasteiger partial charge in [-0.3, -0.25) is 0 Å². The summed E-state index contributed by atoms with van der Waals surface area (Å²) in [6.07, 6.45) is 3.50. The topological polar surface area (TPSA) is 33.7 Å². The van der Waals surface area contributed by atoms with Gasteiger partial charge in [0.2, 0.25) is 0 Å². The van der Waals surface area contributed by atoms with Crippen molar-refractivity contribution in [1.29, 1.82) is 0 Å². The molecule has 0 radical (unpaired) electrons. The summed E-state index contributed by atoms with van der Waals surface area (Å²) in [5, 5.41) is 4.14. The van der Waals surface area contributed by atoms with E-state index in [1.807, 2.05) is 6.07 Å². The molecule has 0 aliphatic carbocycles. The predicted octanol–water partition coefficient (Wildman–Crippen LogP) is 3.25. The highest BCUT2D eigenvalue weighted by atomic mass is 35.5. The molecule has 1 aromatic carbocycles. The Morgan fingerprint density at radius 2 is 1.90 bits per heavy atom. The van der Waals surface area contributed by atoms with E-state index in [4.69, 9.17) is 21.1 Å². The SMILES string of the molecule is COc1cc(NC2CCCN(C)CC2)c(OC)cc1Cl. The monoisotopic (exact) mass is 298 g/mol. The molecule has 1 aliphatic heterocycles. The Balaban J connectivity index is 2.14. The van der Waals surface area contributed by atoms with E-state index in [0.29, 0.717) is 16.8 Å². The number of rotatable bonds is 4. The minimum absolute atomic E-state index is 0.458. The molecule has 1 saturated heterocycles. The van der Waals surface area contributed by atoms with E-state index in [1.54, 1.807) is 20.3 Å². The third-order valence-electron chi connectivity index (χ3n) is 3.79. The normalized spacial score (nSPS) is 20.3. The predicted molar refractivity (Wildman–Crippen MR) is 83.3 cm³/mol. The fourth-order valence-corrected chi connectivity index (χ4v) is 2.81. The maximum atomic E-state index is 6.13. The fourth-order valence-electron chi connectivity index (χ4n) is 2.58. The van der Waals surface area contributed by atoms with E-state index in [9.17, 15) is 0 Å². The molecule has 1 aromatic rings. The van der Waals surface area contributed by atoms with Crippen molar-refractivity contribution in [3.63, 3.8) is 0 Å². The first-order valence-corrected chi connectivity index (χ1v) is 7.38. The third-order valence-corrected chi connectivity index (χ3v) is 4.08. The van der Waals surface area contributed by atoms with Crippen LogP contribution in [0.15, 0.2) is 12.1 Å². The highest BCUT2D eigenvalue weighted by Crippen LogP contribution is 2.36. The van der Waals surface area contributed by atoms with Crippen LogP contribution >= 0.6 is 11.6 Å². The lowest BCUT2D eigenvalue weighted by atomic mass is 10.1. The molecule has 1 aliphatic rings. The Labute approximate surface area is 126 Å². The summed E-state index contributed by atoms with van der Waals surface area (Å²) in [6, 6.07) is 4.17. The van der Waals surface area contributed by atoms with Crippen LogP contribution in [0.1, 0.15) is 19.3 Å². The van der Waals surface area contributed by atoms with E-state index in [-0.39, 0.29) is 0 Å². The number of ether oxygens (including phenoxy) is 2. The molecular formula is C15H23ClN2O2. The standard InChI is InChI=1S/C15H23ClN2O2/c1-18-7-4-5-11(6-8-18)17-13-10-14(19-2)12(16)9-15(13)20-3/h9-11,17H,4-8H2,1-3H3. The first-order chi connectivity index (χ1) is 9.63. The lowest BCUT2D eigenvalue weighted by Gasteiger charge is -2.20. The molecule has 1 N–H and O–H groups in total. The summed E-state index contributed by atoms with van der Waals surface area (Å²) >= 11 is 6.13. The second kappa shape index (κ2) is 7.04. The summed E-state index contributed by atoms with van der Waals surface area (Å²) in [5.41, 5.74) is 0.948. The smallest absolute Gasteiger partial charge is 0.143 e. The Morgan fingerprint density at radius 3 is 2.60 bits per heavy atom. The van der Waals surface area contributed by atoms with Gasteiger partial charge in [0.25, 0.3) is 0 Å². The van der Waals surface area contributed by atoms with Crippen LogP contribution in [-0.4, -0.2) is 45.3 Å². The van der Waals surface area contributed by atoms with E-state index < -0.39 is 0 Å². The van der Waals surface area contributed by atoms with Crippen molar-refractivity contribution >= 4 is 17.3 Å². The Hall–Kier alpha value is -1.13. The Bertz CT molecular complexity index is 454. The number of halogens is 1. The van der Waals surface area contributed by atoms with E-state index in [1.165, 1.54) is 19.4 Å². The van der Waals surface area contributed by atoms with Gasteiger partial charge < -0.3 is 19.7 Å². The lowest BCUT2D eigenvalue weighted by Crippen LogP contribution is -2.23. The number of anilines is 1. The highest BCUT2D eigenvalue weighted by molar-refractivity contribution is 6.32. The second-order valence-electron chi connectivity index (χ2n) is 5.26. The summed E-state index contributed by atoms with van der Waals surface area (Å²) in [6.45, 7) is 2.28. The molecule has 0 amide bonds. The zero-order valence-corrected chi connectivity index (χ0v) is 13.2. The Morgan fingerprint density at radius 1 is 1.15 bits per heavy atom. The van der Waals surface area contributed by atoms with Crippen LogP contribution in [0, 0.1) is 0 Å². The van der Waals surface area contributed by atoms with Crippen molar-refractivity contribution in [2.24, 2.45) is 0 Å². The summed E-state index contributed by atoms with van der Waals surface area (Å²) in [7, 11) is 5.45. The third kappa shape index (κ3) is 3.70. The average Bonchev–Trinajstić information content (AvgIpc) is 2.65. The van der Waals surface area contributed by atoms with Crippen molar-refractivity contribution in [3.05, 3.63) is 17.2 Å². The van der Waals surface area contributed by atoms with Crippen LogP contribution in [0.2, 0.25) is 5.02 Å². The molecule has 0 aromatic heterocycles. The number of methoxy groups -OCH3 is 2. The van der Waals surface area contributed by atoms with Gasteiger partial charge in [-0.1, -0.05) is 11.6 Å². The number of hydrogen-bond donors (Lipinski definition) is 1. The van der Waals surface area contributed by atoms with Crippen LogP contribution in [0.5, 0.6) is 11.5 Å². The van der Waals surface area contributed by atoms with E-state index in [0.717, 1.165) is 24.4 Å². The molecule has 2 rings (SSSR count). The molecule has 1 unspecified atom stereocenters. The molecule has 5 heteroatoms.